The summed E-state index contributed by atoms with van der Waals surface area (Å²) in [5.41, 5.74) is 4.91. The van der Waals surface area contributed by atoms with Crippen LogP contribution in [0.25, 0.3) is 0 Å². The van der Waals surface area contributed by atoms with Gasteiger partial charge in [0.15, 0.2) is 0 Å². The summed E-state index contributed by atoms with van der Waals surface area (Å²) in [5.74, 6) is 0.000927. The van der Waals surface area contributed by atoms with Crippen LogP contribution in [-0.4, -0.2) is 24.0 Å². The van der Waals surface area contributed by atoms with Crippen LogP contribution in [-0.2, 0) is 12.8 Å². The number of nitrogens with one attached hydrogen (secondary N) is 1. The number of rotatable bonds is 5. The van der Waals surface area contributed by atoms with Gasteiger partial charge in [0, 0.05) is 36.2 Å². The molecule has 2 heterocycles. The Morgan fingerprint density at radius 1 is 1.11 bits per heavy atom. The number of amides is 1. The summed E-state index contributed by atoms with van der Waals surface area (Å²) in [7, 11) is 0. The van der Waals surface area contributed by atoms with E-state index in [-0.39, 0.29) is 5.91 Å². The predicted octanol–water partition coefficient (Wildman–Crippen LogP) is 4.98. The van der Waals surface area contributed by atoms with Gasteiger partial charge in [0.1, 0.15) is 0 Å². The van der Waals surface area contributed by atoms with E-state index in [1.54, 1.807) is 12.4 Å². The molecule has 0 unspecified atom stereocenters. The number of carbonyl (C=O) groups excluding carboxylic acids is 1. The number of pyridine rings is 1. The highest BCUT2D eigenvalue weighted by Gasteiger charge is 2.23. The van der Waals surface area contributed by atoms with E-state index in [9.17, 15) is 4.79 Å². The summed E-state index contributed by atoms with van der Waals surface area (Å²) in [5, 5.41) is 4.10. The number of hydrogen-bond donors (Lipinski definition) is 1. The molecule has 3 aromatic rings. The first-order valence-electron chi connectivity index (χ1n) is 9.54. The molecule has 0 saturated carbocycles. The molecule has 0 spiro atoms. The van der Waals surface area contributed by atoms with Crippen LogP contribution in [0, 0.1) is 0 Å². The number of para-hydroxylation sites is 1. The lowest BCUT2D eigenvalue weighted by molar-refractivity contribution is 0.0985. The lowest BCUT2D eigenvalue weighted by Gasteiger charge is -2.29. The van der Waals surface area contributed by atoms with Gasteiger partial charge < -0.3 is 10.2 Å². The van der Waals surface area contributed by atoms with Crippen molar-refractivity contribution in [2.45, 2.75) is 19.3 Å². The van der Waals surface area contributed by atoms with Gasteiger partial charge in [0.25, 0.3) is 5.91 Å². The number of fused-ring (bicyclic) bond motifs is 1. The molecule has 0 bridgehead atoms. The molecule has 0 fully saturated rings. The smallest absolute Gasteiger partial charge is 0.259 e. The Morgan fingerprint density at radius 2 is 1.93 bits per heavy atom. The fraction of sp³-hybridized carbons (Fsp3) is 0.217. The van der Waals surface area contributed by atoms with Crippen molar-refractivity contribution in [2.75, 3.05) is 23.3 Å². The number of benzene rings is 2. The summed E-state index contributed by atoms with van der Waals surface area (Å²) in [6, 6.07) is 17.9. The van der Waals surface area contributed by atoms with Crippen LogP contribution in [0.4, 0.5) is 11.4 Å². The first kappa shape index (κ1) is 18.5. The van der Waals surface area contributed by atoms with Gasteiger partial charge in [-0.3, -0.25) is 9.78 Å². The van der Waals surface area contributed by atoms with Crippen LogP contribution < -0.4 is 10.2 Å². The molecule has 0 radical (unpaired) electrons. The van der Waals surface area contributed by atoms with Crippen molar-refractivity contribution in [3.63, 3.8) is 0 Å². The molecule has 28 heavy (non-hydrogen) atoms. The molecule has 1 aliphatic heterocycles. The quantitative estimate of drug-likeness (QED) is 0.666. The van der Waals surface area contributed by atoms with Crippen molar-refractivity contribution >= 4 is 28.9 Å². The average molecular weight is 392 g/mol. The third-order valence-corrected chi connectivity index (χ3v) is 5.25. The summed E-state index contributed by atoms with van der Waals surface area (Å²) in [6.07, 6.45) is 6.27. The number of halogens is 1. The van der Waals surface area contributed by atoms with Crippen LogP contribution in [0.5, 0.6) is 0 Å². The highest BCUT2D eigenvalue weighted by atomic mass is 35.5. The molecule has 1 amide bonds. The predicted molar refractivity (Wildman–Crippen MR) is 114 cm³/mol. The lowest BCUT2D eigenvalue weighted by Crippen LogP contribution is -2.35. The molecule has 1 aromatic heterocycles. The van der Waals surface area contributed by atoms with E-state index in [1.165, 1.54) is 11.1 Å². The van der Waals surface area contributed by atoms with E-state index in [2.05, 4.69) is 16.4 Å². The van der Waals surface area contributed by atoms with Crippen molar-refractivity contribution in [3.8, 4) is 0 Å². The van der Waals surface area contributed by atoms with E-state index in [0.717, 1.165) is 48.7 Å². The van der Waals surface area contributed by atoms with Gasteiger partial charge in [0.05, 0.1) is 11.3 Å². The molecule has 0 aliphatic carbocycles. The van der Waals surface area contributed by atoms with E-state index in [4.69, 9.17) is 11.6 Å². The minimum absolute atomic E-state index is 0.000927. The normalized spacial score (nSPS) is 13.1. The number of nitrogens with zero attached hydrogens (tertiary/aromatic N) is 2. The van der Waals surface area contributed by atoms with Gasteiger partial charge in [-0.25, -0.2) is 0 Å². The number of carbonyl (C=O) groups is 1. The Hall–Kier alpha value is -2.85. The Kier molecular flexibility index (Phi) is 5.58. The molecule has 4 rings (SSSR count). The minimum Gasteiger partial charge on any atom is -0.383 e. The van der Waals surface area contributed by atoms with Gasteiger partial charge in [-0.1, -0.05) is 41.9 Å². The second-order valence-corrected chi connectivity index (χ2v) is 7.39. The van der Waals surface area contributed by atoms with E-state index in [1.807, 2.05) is 53.4 Å². The Morgan fingerprint density at radius 3 is 2.79 bits per heavy atom. The van der Waals surface area contributed by atoms with Gasteiger partial charge in [-0.15, -0.1) is 0 Å². The van der Waals surface area contributed by atoms with Gasteiger partial charge in [-0.05, 0) is 54.7 Å². The first-order valence-corrected chi connectivity index (χ1v) is 9.91. The fourth-order valence-electron chi connectivity index (χ4n) is 3.56. The molecule has 1 aliphatic rings. The first-order chi connectivity index (χ1) is 13.7. The van der Waals surface area contributed by atoms with Crippen molar-refractivity contribution in [2.24, 2.45) is 0 Å². The zero-order chi connectivity index (χ0) is 19.3. The van der Waals surface area contributed by atoms with E-state index >= 15 is 0 Å². The molecule has 5 heteroatoms. The monoisotopic (exact) mass is 391 g/mol. The third kappa shape index (κ3) is 4.18. The fourth-order valence-corrected chi connectivity index (χ4v) is 3.68. The summed E-state index contributed by atoms with van der Waals surface area (Å²) < 4.78 is 0. The Bertz CT molecular complexity index is 972. The van der Waals surface area contributed by atoms with Gasteiger partial charge in [-0.2, -0.15) is 0 Å². The van der Waals surface area contributed by atoms with E-state index in [0.29, 0.717) is 5.56 Å². The number of aromatic nitrogens is 1. The molecular weight excluding hydrogens is 370 g/mol. The minimum atomic E-state index is 0.000927. The van der Waals surface area contributed by atoms with Crippen molar-refractivity contribution in [1.82, 2.24) is 4.98 Å². The second-order valence-electron chi connectivity index (χ2n) is 6.95. The zero-order valence-electron chi connectivity index (χ0n) is 15.6. The largest absolute Gasteiger partial charge is 0.383 e. The van der Waals surface area contributed by atoms with Crippen molar-refractivity contribution in [3.05, 3.63) is 88.7 Å². The number of anilines is 2. The molecule has 2 aromatic carbocycles. The molecule has 142 valence electrons. The summed E-state index contributed by atoms with van der Waals surface area (Å²) in [4.78, 5) is 19.2. The maximum Gasteiger partial charge on any atom is 0.259 e. The maximum absolute atomic E-state index is 13.1. The Balaban J connectivity index is 1.43. The summed E-state index contributed by atoms with van der Waals surface area (Å²) >= 11 is 5.92. The van der Waals surface area contributed by atoms with Crippen LogP contribution in [0.3, 0.4) is 0 Å². The highest BCUT2D eigenvalue weighted by molar-refractivity contribution is 6.30. The van der Waals surface area contributed by atoms with Crippen LogP contribution in [0.15, 0.2) is 67.0 Å². The molecular formula is C23H22ClN3O. The molecule has 0 atom stereocenters. The number of hydrogen-bond acceptors (Lipinski definition) is 3. The van der Waals surface area contributed by atoms with Crippen LogP contribution in [0.1, 0.15) is 27.9 Å². The highest BCUT2D eigenvalue weighted by Crippen LogP contribution is 2.28. The maximum atomic E-state index is 13.1. The topological polar surface area (TPSA) is 45.2 Å². The summed E-state index contributed by atoms with van der Waals surface area (Å²) in [6.45, 7) is 1.50. The SMILES string of the molecule is O=C(c1cncc(NCCc2ccc(Cl)cc2)c1)N1CCCc2ccccc21. The lowest BCUT2D eigenvalue weighted by atomic mass is 10.0. The zero-order valence-corrected chi connectivity index (χ0v) is 16.3. The number of aryl methyl sites for hydroxylation is 1. The van der Waals surface area contributed by atoms with E-state index < -0.39 is 0 Å². The van der Waals surface area contributed by atoms with Crippen molar-refractivity contribution in [1.29, 1.82) is 0 Å². The second kappa shape index (κ2) is 8.44. The van der Waals surface area contributed by atoms with Crippen molar-refractivity contribution < 1.29 is 4.79 Å². The standard InChI is InChI=1S/C23H22ClN3O/c24-20-9-7-17(8-10-20)11-12-26-21-14-19(15-25-16-21)23(28)27-13-3-5-18-4-1-2-6-22(18)27/h1-2,4,6-10,14-16,26H,3,5,11-13H2. The van der Waals surface area contributed by atoms with Crippen LogP contribution in [0.2, 0.25) is 5.02 Å². The molecule has 1 N–H and O–H groups in total. The third-order valence-electron chi connectivity index (χ3n) is 5.00. The van der Waals surface area contributed by atoms with Gasteiger partial charge >= 0.3 is 0 Å². The van der Waals surface area contributed by atoms with Gasteiger partial charge in [0.2, 0.25) is 0 Å². The molecule has 0 saturated heterocycles. The Labute approximate surface area is 170 Å². The average Bonchev–Trinajstić information content (AvgIpc) is 2.74. The molecule has 4 nitrogen and oxygen atoms in total. The van der Waals surface area contributed by atoms with Crippen LogP contribution >= 0.6 is 11.6 Å².